The molecule has 1 aliphatic carbocycles. The van der Waals surface area contributed by atoms with Gasteiger partial charge in [0.1, 0.15) is 0 Å². The summed E-state index contributed by atoms with van der Waals surface area (Å²) in [6, 6.07) is 0. The third-order valence-electron chi connectivity index (χ3n) is 3.43. The van der Waals surface area contributed by atoms with Crippen molar-refractivity contribution in [2.45, 2.75) is 59.4 Å². The number of hydrogen-bond acceptors (Lipinski definition) is 4. The Morgan fingerprint density at radius 3 is 2.60 bits per heavy atom. The summed E-state index contributed by atoms with van der Waals surface area (Å²) < 4.78 is 0. The molecule has 0 aromatic carbocycles. The molecule has 1 aromatic heterocycles. The van der Waals surface area contributed by atoms with Crippen molar-refractivity contribution in [1.82, 2.24) is 10.3 Å². The largest absolute Gasteiger partial charge is 0.351 e. The molecule has 1 heterocycles. The molecule has 0 bridgehead atoms. The summed E-state index contributed by atoms with van der Waals surface area (Å²) in [6.07, 6.45) is 3.84. The normalized spacial score (nSPS) is 15.7. The first kappa shape index (κ1) is 15.8. The maximum Gasteiger partial charge on any atom is 0.185 e. The molecular formula is C16H29N3S. The molecule has 0 radical (unpaired) electrons. The van der Waals surface area contributed by atoms with Gasteiger partial charge in [-0.2, -0.15) is 0 Å². The highest BCUT2D eigenvalue weighted by atomic mass is 32.1. The maximum absolute atomic E-state index is 4.94. The van der Waals surface area contributed by atoms with Crippen LogP contribution in [0.25, 0.3) is 0 Å². The fraction of sp³-hybridized carbons (Fsp3) is 0.812. The summed E-state index contributed by atoms with van der Waals surface area (Å²) in [5.41, 5.74) is 1.68. The number of rotatable bonds is 7. The molecule has 4 heteroatoms. The first-order valence-electron chi connectivity index (χ1n) is 7.82. The zero-order chi connectivity index (χ0) is 14.8. The predicted molar refractivity (Wildman–Crippen MR) is 88.8 cm³/mol. The summed E-state index contributed by atoms with van der Waals surface area (Å²) in [6.45, 7) is 12.2. The van der Waals surface area contributed by atoms with Gasteiger partial charge < -0.3 is 10.2 Å². The average molecular weight is 295 g/mol. The van der Waals surface area contributed by atoms with Gasteiger partial charge in [0.25, 0.3) is 0 Å². The van der Waals surface area contributed by atoms with Crippen molar-refractivity contribution in [1.29, 1.82) is 0 Å². The first-order chi connectivity index (χ1) is 9.40. The van der Waals surface area contributed by atoms with Crippen LogP contribution in [0.1, 0.15) is 63.4 Å². The van der Waals surface area contributed by atoms with E-state index in [1.807, 2.05) is 11.3 Å². The van der Waals surface area contributed by atoms with E-state index in [1.54, 1.807) is 0 Å². The lowest BCUT2D eigenvalue weighted by Gasteiger charge is -2.26. The molecule has 3 nitrogen and oxygen atoms in total. The van der Waals surface area contributed by atoms with Crippen LogP contribution in [0.4, 0.5) is 5.13 Å². The minimum absolute atomic E-state index is 0.306. The molecule has 1 N–H and O–H groups in total. The molecule has 0 saturated heterocycles. The van der Waals surface area contributed by atoms with E-state index in [0.717, 1.165) is 25.6 Å². The third kappa shape index (κ3) is 4.45. The van der Waals surface area contributed by atoms with Gasteiger partial charge in [0.2, 0.25) is 0 Å². The van der Waals surface area contributed by atoms with E-state index in [2.05, 4.69) is 45.0 Å². The minimum atomic E-state index is 0.306. The number of anilines is 1. The van der Waals surface area contributed by atoms with E-state index in [0.29, 0.717) is 5.41 Å². The van der Waals surface area contributed by atoms with Gasteiger partial charge >= 0.3 is 0 Å². The van der Waals surface area contributed by atoms with Crippen LogP contribution in [-0.4, -0.2) is 25.1 Å². The molecule has 2 rings (SSSR count). The van der Waals surface area contributed by atoms with E-state index < -0.39 is 0 Å². The van der Waals surface area contributed by atoms with Crippen LogP contribution in [0, 0.1) is 5.41 Å². The summed E-state index contributed by atoms with van der Waals surface area (Å²) in [7, 11) is 2.17. The van der Waals surface area contributed by atoms with Gasteiger partial charge in [-0.1, -0.05) is 27.7 Å². The van der Waals surface area contributed by atoms with Gasteiger partial charge in [-0.05, 0) is 31.2 Å². The molecule has 0 aliphatic heterocycles. The topological polar surface area (TPSA) is 28.2 Å². The maximum atomic E-state index is 4.94. The van der Waals surface area contributed by atoms with Crippen molar-refractivity contribution in [3.05, 3.63) is 10.6 Å². The Hall–Kier alpha value is -0.610. The quantitative estimate of drug-likeness (QED) is 0.771. The summed E-state index contributed by atoms with van der Waals surface area (Å²) >= 11 is 1.88. The number of nitrogens with one attached hydrogen (secondary N) is 1. The summed E-state index contributed by atoms with van der Waals surface area (Å²) in [4.78, 5) is 8.71. The standard InChI is InChI=1S/C16H29N3S/c1-6-9-17-10-13-14(12-7-8-12)18-15(20-13)19(5)11-16(2,3)4/h12,17H,6-11H2,1-5H3. The van der Waals surface area contributed by atoms with Crippen molar-refractivity contribution in [2.75, 3.05) is 25.0 Å². The van der Waals surface area contributed by atoms with Crippen LogP contribution in [0.3, 0.4) is 0 Å². The average Bonchev–Trinajstić information content (AvgIpc) is 3.09. The van der Waals surface area contributed by atoms with Crippen molar-refractivity contribution in [3.8, 4) is 0 Å². The van der Waals surface area contributed by atoms with Crippen molar-refractivity contribution in [2.24, 2.45) is 5.41 Å². The fourth-order valence-electron chi connectivity index (χ4n) is 2.47. The smallest absolute Gasteiger partial charge is 0.185 e. The van der Waals surface area contributed by atoms with Crippen LogP contribution >= 0.6 is 11.3 Å². The number of thiazole rings is 1. The second kappa shape index (κ2) is 6.44. The molecule has 1 saturated carbocycles. The molecule has 0 amide bonds. The van der Waals surface area contributed by atoms with Gasteiger partial charge in [-0.3, -0.25) is 0 Å². The molecule has 20 heavy (non-hydrogen) atoms. The van der Waals surface area contributed by atoms with Crippen LogP contribution < -0.4 is 10.2 Å². The number of aromatic nitrogens is 1. The van der Waals surface area contributed by atoms with Crippen LogP contribution in [0.2, 0.25) is 0 Å². The van der Waals surface area contributed by atoms with E-state index >= 15 is 0 Å². The van der Waals surface area contributed by atoms with E-state index in [9.17, 15) is 0 Å². The minimum Gasteiger partial charge on any atom is -0.351 e. The Morgan fingerprint density at radius 2 is 2.05 bits per heavy atom. The van der Waals surface area contributed by atoms with Crippen LogP contribution in [0.5, 0.6) is 0 Å². The second-order valence-electron chi connectivity index (χ2n) is 7.17. The Morgan fingerprint density at radius 1 is 1.35 bits per heavy atom. The van der Waals surface area contributed by atoms with E-state index in [1.165, 1.54) is 35.0 Å². The van der Waals surface area contributed by atoms with E-state index in [4.69, 9.17) is 4.98 Å². The molecular weight excluding hydrogens is 266 g/mol. The lowest BCUT2D eigenvalue weighted by atomic mass is 9.96. The van der Waals surface area contributed by atoms with E-state index in [-0.39, 0.29) is 0 Å². The molecule has 0 unspecified atom stereocenters. The number of nitrogens with zero attached hydrogens (tertiary/aromatic N) is 2. The Balaban J connectivity index is 2.07. The Kier molecular flexibility index (Phi) is 5.08. The predicted octanol–water partition coefficient (Wildman–Crippen LogP) is 4.00. The Bertz CT molecular complexity index is 429. The molecule has 0 spiro atoms. The molecule has 0 atom stereocenters. The van der Waals surface area contributed by atoms with Crippen molar-refractivity contribution >= 4 is 16.5 Å². The fourth-order valence-corrected chi connectivity index (χ4v) is 3.55. The van der Waals surface area contributed by atoms with Crippen molar-refractivity contribution in [3.63, 3.8) is 0 Å². The lowest BCUT2D eigenvalue weighted by Crippen LogP contribution is -2.28. The van der Waals surface area contributed by atoms with Gasteiger partial charge in [0.15, 0.2) is 5.13 Å². The number of hydrogen-bond donors (Lipinski definition) is 1. The van der Waals surface area contributed by atoms with Crippen LogP contribution in [0.15, 0.2) is 0 Å². The van der Waals surface area contributed by atoms with Gasteiger partial charge in [-0.15, -0.1) is 11.3 Å². The molecule has 1 aliphatic rings. The zero-order valence-electron chi connectivity index (χ0n) is 13.6. The summed E-state index contributed by atoms with van der Waals surface area (Å²) in [5, 5.41) is 4.72. The third-order valence-corrected chi connectivity index (χ3v) is 4.62. The summed E-state index contributed by atoms with van der Waals surface area (Å²) in [5.74, 6) is 0.737. The van der Waals surface area contributed by atoms with Gasteiger partial charge in [0, 0.05) is 30.9 Å². The zero-order valence-corrected chi connectivity index (χ0v) is 14.4. The molecule has 1 fully saturated rings. The monoisotopic (exact) mass is 295 g/mol. The second-order valence-corrected chi connectivity index (χ2v) is 8.23. The highest BCUT2D eigenvalue weighted by Gasteiger charge is 2.30. The molecule has 114 valence electrons. The SMILES string of the molecule is CCCNCc1sc(N(C)CC(C)(C)C)nc1C1CC1. The van der Waals surface area contributed by atoms with Gasteiger partial charge in [0.05, 0.1) is 5.69 Å². The lowest BCUT2D eigenvalue weighted by molar-refractivity contribution is 0.418. The van der Waals surface area contributed by atoms with Gasteiger partial charge in [-0.25, -0.2) is 4.98 Å². The first-order valence-corrected chi connectivity index (χ1v) is 8.64. The van der Waals surface area contributed by atoms with Crippen molar-refractivity contribution < 1.29 is 0 Å². The van der Waals surface area contributed by atoms with Crippen LogP contribution in [-0.2, 0) is 6.54 Å². The highest BCUT2D eigenvalue weighted by molar-refractivity contribution is 7.15. The molecule has 1 aromatic rings. The highest BCUT2D eigenvalue weighted by Crippen LogP contribution is 2.44. The Labute approximate surface area is 127 Å².